The van der Waals surface area contributed by atoms with Gasteiger partial charge in [-0.1, -0.05) is 13.8 Å². The van der Waals surface area contributed by atoms with Crippen LogP contribution in [-0.2, 0) is 9.47 Å². The fourth-order valence-corrected chi connectivity index (χ4v) is 9.53. The zero-order chi connectivity index (χ0) is 52.6. The van der Waals surface area contributed by atoms with E-state index in [1.807, 2.05) is 97.5 Å². The molecule has 2 aromatic heterocycles. The number of hydrogen-bond donors (Lipinski definition) is 3. The first-order valence-electron chi connectivity index (χ1n) is 25.5. The predicted molar refractivity (Wildman–Crippen MR) is 286 cm³/mol. The van der Waals surface area contributed by atoms with Crippen LogP contribution >= 0.6 is 0 Å². The molecule has 16 heteroatoms. The summed E-state index contributed by atoms with van der Waals surface area (Å²) in [4.78, 5) is 34.0. The first kappa shape index (κ1) is 52.1. The van der Waals surface area contributed by atoms with Crippen LogP contribution in [0.3, 0.4) is 0 Å². The quantitative estimate of drug-likeness (QED) is 0.0742. The predicted octanol–water partition coefficient (Wildman–Crippen LogP) is 13.1. The van der Waals surface area contributed by atoms with Crippen LogP contribution in [0.2, 0.25) is 0 Å². The molecule has 2 aliphatic heterocycles. The molecule has 0 amide bonds. The first-order chi connectivity index (χ1) is 36.4. The fourth-order valence-electron chi connectivity index (χ4n) is 9.53. The van der Waals surface area contributed by atoms with Gasteiger partial charge in [0.25, 0.3) is 0 Å². The van der Waals surface area contributed by atoms with E-state index in [0.29, 0.717) is 47.5 Å². The molecule has 75 heavy (non-hydrogen) atoms. The number of fused-ring (bicyclic) bond motifs is 2. The number of phenolic OH excluding ortho intramolecular Hbond substituents is 1. The molecule has 0 aliphatic carbocycles. The van der Waals surface area contributed by atoms with Crippen molar-refractivity contribution in [3.05, 3.63) is 144 Å². The molecule has 8 aromatic rings. The molecule has 2 aliphatic rings. The van der Waals surface area contributed by atoms with Crippen LogP contribution in [0, 0.1) is 37.3 Å². The van der Waals surface area contributed by atoms with Crippen molar-refractivity contribution in [2.75, 3.05) is 57.3 Å². The summed E-state index contributed by atoms with van der Waals surface area (Å²) in [5, 5.41) is 16.6. The van der Waals surface area contributed by atoms with Gasteiger partial charge in [0.15, 0.2) is 34.7 Å². The molecule has 0 spiro atoms. The van der Waals surface area contributed by atoms with E-state index in [9.17, 15) is 23.5 Å². The summed E-state index contributed by atoms with van der Waals surface area (Å²) < 4.78 is 60.3. The van der Waals surface area contributed by atoms with Crippen LogP contribution in [0.25, 0.3) is 33.4 Å². The van der Waals surface area contributed by atoms with E-state index in [4.69, 9.17) is 33.7 Å². The number of methoxy groups -OCH3 is 1. The third-order valence-corrected chi connectivity index (χ3v) is 13.8. The van der Waals surface area contributed by atoms with Gasteiger partial charge in [0.1, 0.15) is 46.7 Å². The Morgan fingerprint density at radius 1 is 0.613 bits per heavy atom. The van der Waals surface area contributed by atoms with Gasteiger partial charge in [0, 0.05) is 111 Å². The Bertz CT molecular complexity index is 3340. The number of hydrogen-bond acceptors (Lipinski definition) is 12. The number of benzene rings is 6. The highest BCUT2D eigenvalue weighted by Gasteiger charge is 2.21. The zero-order valence-electron chi connectivity index (χ0n) is 42.9. The van der Waals surface area contributed by atoms with Gasteiger partial charge in [-0.25, -0.2) is 18.7 Å². The molecular formula is C59H62F2N6O8. The number of aryl methyl sites for hydroxylation is 2. The summed E-state index contributed by atoms with van der Waals surface area (Å²) in [7, 11) is 1.43. The highest BCUT2D eigenvalue weighted by Crippen LogP contribution is 2.37. The van der Waals surface area contributed by atoms with E-state index >= 15 is 0 Å². The normalized spacial score (nSPS) is 14.1. The maximum Gasteiger partial charge on any atom is 0.168 e. The highest BCUT2D eigenvalue weighted by atomic mass is 19.1. The zero-order valence-corrected chi connectivity index (χ0v) is 42.9. The monoisotopic (exact) mass is 1020 g/mol. The summed E-state index contributed by atoms with van der Waals surface area (Å²) in [6, 6.07) is 27.5. The molecular weight excluding hydrogens is 959 g/mol. The number of ether oxygens (including phenoxy) is 5. The van der Waals surface area contributed by atoms with Crippen molar-refractivity contribution in [3.8, 4) is 45.9 Å². The Hall–Kier alpha value is -7.82. The van der Waals surface area contributed by atoms with Crippen molar-refractivity contribution in [3.63, 3.8) is 0 Å². The minimum absolute atomic E-state index is 0.107. The molecule has 0 saturated carbocycles. The number of aromatic hydroxyl groups is 1. The van der Waals surface area contributed by atoms with Crippen molar-refractivity contribution in [1.82, 2.24) is 19.1 Å². The summed E-state index contributed by atoms with van der Waals surface area (Å²) in [6.45, 7) is 12.2. The molecule has 0 bridgehead atoms. The number of carbonyl (C=O) groups excluding carboxylic acids is 2. The van der Waals surface area contributed by atoms with E-state index in [1.165, 1.54) is 25.3 Å². The van der Waals surface area contributed by atoms with Gasteiger partial charge in [0.2, 0.25) is 0 Å². The van der Waals surface area contributed by atoms with Crippen molar-refractivity contribution in [2.45, 2.75) is 66.2 Å². The molecule has 0 atom stereocenters. The molecule has 0 unspecified atom stereocenters. The molecule has 14 nitrogen and oxygen atoms in total. The second-order valence-corrected chi connectivity index (χ2v) is 18.9. The Kier molecular flexibility index (Phi) is 16.4. The third kappa shape index (κ3) is 12.1. The smallest absolute Gasteiger partial charge is 0.168 e. The van der Waals surface area contributed by atoms with Crippen LogP contribution in [0.4, 0.5) is 20.2 Å². The Balaban J connectivity index is 0.000000184. The Morgan fingerprint density at radius 2 is 1.07 bits per heavy atom. The number of carbonyl (C=O) groups is 2. The fraction of sp³-hybridized carbons (Fsp3) is 0.322. The topological polar surface area (TPSA) is 160 Å². The lowest BCUT2D eigenvalue weighted by Crippen LogP contribution is -2.22. The number of phenols is 1. The highest BCUT2D eigenvalue weighted by molar-refractivity contribution is 5.98. The summed E-state index contributed by atoms with van der Waals surface area (Å²) in [5.41, 5.74) is 9.89. The minimum Gasteiger partial charge on any atom is -0.505 e. The molecule has 3 N–H and O–H groups in total. The lowest BCUT2D eigenvalue weighted by atomic mass is 10.0. The Morgan fingerprint density at radius 3 is 1.48 bits per heavy atom. The van der Waals surface area contributed by atoms with Crippen LogP contribution < -0.4 is 24.8 Å². The summed E-state index contributed by atoms with van der Waals surface area (Å²) >= 11 is 0. The van der Waals surface area contributed by atoms with Gasteiger partial charge >= 0.3 is 0 Å². The molecule has 6 aromatic carbocycles. The van der Waals surface area contributed by atoms with E-state index in [2.05, 4.69) is 10.6 Å². The molecule has 4 heterocycles. The van der Waals surface area contributed by atoms with Gasteiger partial charge < -0.3 is 39.4 Å². The van der Waals surface area contributed by atoms with E-state index in [0.717, 1.165) is 133 Å². The van der Waals surface area contributed by atoms with Crippen LogP contribution in [0.5, 0.6) is 34.5 Å². The average molecular weight is 1020 g/mol. The van der Waals surface area contributed by atoms with Crippen molar-refractivity contribution >= 4 is 45.0 Å². The number of rotatable bonds is 17. The second kappa shape index (κ2) is 23.6. The first-order valence-corrected chi connectivity index (χ1v) is 25.5. The van der Waals surface area contributed by atoms with E-state index < -0.39 is 17.4 Å². The van der Waals surface area contributed by atoms with Crippen LogP contribution in [-0.4, -0.2) is 82.4 Å². The lowest BCUT2D eigenvalue weighted by Gasteiger charge is -2.23. The average Bonchev–Trinajstić information content (AvgIpc) is 4.07. The van der Waals surface area contributed by atoms with Gasteiger partial charge in [-0.05, 0) is 123 Å². The molecule has 390 valence electrons. The van der Waals surface area contributed by atoms with Crippen molar-refractivity contribution in [2.24, 2.45) is 11.8 Å². The maximum absolute atomic E-state index is 14.3. The SMILES string of the molecule is CCC(=O)c1ccc(-n2cnc3c(NCC4CCOCC4)cc(Oc4ccc(O)c(F)c4)cc32)cc1C.CCC(=O)c1ccc(-n2cnc3c(NCC4CCOCC4)cc(Oc4ccc(OC)c(F)c4)cc32)cc1C. The molecule has 2 fully saturated rings. The lowest BCUT2D eigenvalue weighted by molar-refractivity contribution is 0.0698. The number of nitrogens with one attached hydrogen (secondary N) is 2. The Labute approximate surface area is 434 Å². The summed E-state index contributed by atoms with van der Waals surface area (Å²) in [6.07, 6.45) is 8.45. The number of Topliss-reactive ketones (excluding diaryl/α,β-unsaturated/α-hetero) is 2. The number of ketones is 2. The van der Waals surface area contributed by atoms with Crippen LogP contribution in [0.15, 0.2) is 110 Å². The van der Waals surface area contributed by atoms with Crippen LogP contribution in [0.1, 0.15) is 84.2 Å². The number of nitrogens with zero attached hydrogens (tertiary/aromatic N) is 4. The second-order valence-electron chi connectivity index (χ2n) is 18.9. The summed E-state index contributed by atoms with van der Waals surface area (Å²) in [5.74, 6) is 1.39. The van der Waals surface area contributed by atoms with Gasteiger partial charge in [-0.2, -0.15) is 0 Å². The third-order valence-electron chi connectivity index (χ3n) is 13.8. The van der Waals surface area contributed by atoms with Crippen molar-refractivity contribution in [1.29, 1.82) is 0 Å². The number of imidazole rings is 2. The van der Waals surface area contributed by atoms with Gasteiger partial charge in [0.05, 0.1) is 29.5 Å². The maximum atomic E-state index is 14.3. The molecule has 0 radical (unpaired) electrons. The number of aromatic nitrogens is 4. The van der Waals surface area contributed by atoms with Gasteiger partial charge in [-0.15, -0.1) is 0 Å². The largest absolute Gasteiger partial charge is 0.505 e. The van der Waals surface area contributed by atoms with Gasteiger partial charge in [-0.3, -0.25) is 18.7 Å². The number of halogens is 2. The van der Waals surface area contributed by atoms with E-state index in [1.54, 1.807) is 24.8 Å². The molecule has 10 rings (SSSR count). The molecule has 2 saturated heterocycles. The van der Waals surface area contributed by atoms with E-state index in [-0.39, 0.29) is 23.1 Å². The standard InChI is InChI=1S/C30H32FN3O4.C29H30FN3O4/c1-4-28(35)24-7-5-21(13-19(24)2)34-18-33-30-26(32-17-20-9-11-37-12-10-20)15-23(16-27(30)34)38-22-6-8-29(36-3)25(31)14-22;1-3-27(34)23-6-4-20(12-18(23)2)33-17-32-29-25(31-16-19-8-10-36-11-9-19)14-22(15-26(29)33)37-21-5-7-28(35)24(30)13-21/h5-8,13-16,18,20,32H,4,9-12,17H2,1-3H3;4-7,12-15,17,19,31,35H,3,8-11,16H2,1-2H3. The van der Waals surface area contributed by atoms with Crippen molar-refractivity contribution < 1.29 is 47.2 Å². The number of anilines is 2. The minimum atomic E-state index is -0.751.